The molecule has 0 heterocycles. The van der Waals surface area contributed by atoms with Gasteiger partial charge in [0.2, 0.25) is 0 Å². The topological polar surface area (TPSA) is 0 Å². The molecule has 0 radical (unpaired) electrons. The second-order valence-electron chi connectivity index (χ2n) is 19.6. The molecule has 0 aromatic carbocycles. The van der Waals surface area contributed by atoms with Gasteiger partial charge < -0.3 is 0 Å². The Kier molecular flexibility index (Phi) is 18.6. The normalized spacial score (nSPS) is 35.5. The van der Waals surface area contributed by atoms with Crippen LogP contribution in [0.2, 0.25) is 0 Å². The molecule has 320 valence electrons. The lowest BCUT2D eigenvalue weighted by molar-refractivity contribution is 0.151. The molecule has 0 aromatic rings. The molecular weight excluding hydrogens is 733 g/mol. The van der Waals surface area contributed by atoms with Gasteiger partial charge in [0.25, 0.3) is 0 Å². The van der Waals surface area contributed by atoms with Crippen LogP contribution in [0.3, 0.4) is 0 Å². The number of hydrogen-bond acceptors (Lipinski definition) is 1. The van der Waals surface area contributed by atoms with E-state index in [1.807, 2.05) is 12.2 Å². The highest BCUT2D eigenvalue weighted by Gasteiger charge is 2.35. The Morgan fingerprint density at radius 1 is 0.456 bits per heavy atom. The largest absolute Gasteiger partial charge is 0.204 e. The van der Waals surface area contributed by atoms with Crippen molar-refractivity contribution in [3.63, 3.8) is 0 Å². The first-order chi connectivity index (χ1) is 27.8. The van der Waals surface area contributed by atoms with Crippen LogP contribution in [0.4, 0.5) is 17.6 Å². The smallest absolute Gasteiger partial charge is 0.163 e. The lowest BCUT2D eigenvalue weighted by Gasteiger charge is -2.38. The zero-order valence-electron chi connectivity index (χ0n) is 36.0. The van der Waals surface area contributed by atoms with Gasteiger partial charge in [-0.2, -0.15) is 0 Å². The maximum atomic E-state index is 15.7. The molecule has 0 aromatic heterocycles. The van der Waals surface area contributed by atoms with E-state index in [1.54, 1.807) is 12.2 Å². The summed E-state index contributed by atoms with van der Waals surface area (Å²) >= 11 is 1.42. The lowest BCUT2D eigenvalue weighted by Crippen LogP contribution is -2.26. The molecule has 0 spiro atoms. The molecule has 2 atom stereocenters. The first kappa shape index (κ1) is 45.0. The Labute approximate surface area is 350 Å². The van der Waals surface area contributed by atoms with E-state index in [9.17, 15) is 8.78 Å². The fourth-order valence-corrected chi connectivity index (χ4v) is 13.3. The first-order valence-corrected chi connectivity index (χ1v) is 25.3. The fourth-order valence-electron chi connectivity index (χ4n) is 12.0. The molecule has 6 aliphatic rings. The maximum absolute atomic E-state index is 15.7. The average Bonchev–Trinajstić information content (AvgIpc) is 3.24. The summed E-state index contributed by atoms with van der Waals surface area (Å²) in [6, 6.07) is 0. The summed E-state index contributed by atoms with van der Waals surface area (Å²) in [5.41, 5.74) is 0.774. The van der Waals surface area contributed by atoms with E-state index >= 15 is 8.78 Å². The predicted octanol–water partition coefficient (Wildman–Crippen LogP) is 17.7. The van der Waals surface area contributed by atoms with Crippen molar-refractivity contribution in [2.45, 2.75) is 204 Å². The summed E-state index contributed by atoms with van der Waals surface area (Å²) in [6.07, 6.45) is 46.2. The zero-order valence-corrected chi connectivity index (χ0v) is 36.8. The minimum Gasteiger partial charge on any atom is -0.204 e. The van der Waals surface area contributed by atoms with E-state index in [0.717, 1.165) is 61.2 Å². The van der Waals surface area contributed by atoms with Crippen molar-refractivity contribution in [3.05, 3.63) is 70.9 Å². The lowest BCUT2D eigenvalue weighted by atomic mass is 9.68. The van der Waals surface area contributed by atoms with Crippen LogP contribution in [-0.2, 0) is 0 Å². The van der Waals surface area contributed by atoms with Gasteiger partial charge >= 0.3 is 0 Å². The third kappa shape index (κ3) is 13.2. The van der Waals surface area contributed by atoms with E-state index in [2.05, 4.69) is 13.8 Å². The first-order valence-electron chi connectivity index (χ1n) is 24.4. The van der Waals surface area contributed by atoms with Gasteiger partial charge in [-0.25, -0.2) is 17.6 Å². The maximum Gasteiger partial charge on any atom is 0.163 e. The second-order valence-corrected chi connectivity index (χ2v) is 20.9. The Morgan fingerprint density at radius 2 is 0.789 bits per heavy atom. The molecule has 0 nitrogen and oxygen atoms in total. The molecule has 5 heteroatoms. The van der Waals surface area contributed by atoms with Crippen molar-refractivity contribution < 1.29 is 17.6 Å². The van der Waals surface area contributed by atoms with Crippen molar-refractivity contribution in [2.24, 2.45) is 47.3 Å². The van der Waals surface area contributed by atoms with Crippen LogP contribution in [0.1, 0.15) is 194 Å². The van der Waals surface area contributed by atoms with Crippen molar-refractivity contribution >= 4 is 11.8 Å². The van der Waals surface area contributed by atoms with Gasteiger partial charge in [0.1, 0.15) is 0 Å². The van der Waals surface area contributed by atoms with Crippen molar-refractivity contribution in [3.8, 4) is 0 Å². The van der Waals surface area contributed by atoms with Gasteiger partial charge in [-0.15, -0.1) is 11.8 Å². The highest BCUT2D eigenvalue weighted by Crippen LogP contribution is 2.48. The number of allylic oxidation sites excluding steroid dienone is 8. The number of hydrogen-bond donors (Lipinski definition) is 0. The van der Waals surface area contributed by atoms with Crippen LogP contribution in [-0.4, -0.2) is 10.5 Å². The third-order valence-electron chi connectivity index (χ3n) is 15.7. The summed E-state index contributed by atoms with van der Waals surface area (Å²) in [5, 5.41) is -0.901. The van der Waals surface area contributed by atoms with E-state index < -0.39 is 33.8 Å². The number of unbranched alkanes of at least 4 members (excludes halogenated alkanes) is 8. The summed E-state index contributed by atoms with van der Waals surface area (Å²) in [6.45, 7) is 4.56. The third-order valence-corrected chi connectivity index (χ3v) is 17.1. The van der Waals surface area contributed by atoms with Gasteiger partial charge in [0, 0.05) is 11.1 Å². The van der Waals surface area contributed by atoms with Crippen LogP contribution in [0.15, 0.2) is 70.9 Å². The summed E-state index contributed by atoms with van der Waals surface area (Å²) < 4.78 is 60.9. The monoisotopic (exact) mass is 811 g/mol. The highest BCUT2D eigenvalue weighted by molar-refractivity contribution is 8.01. The molecule has 0 saturated heterocycles. The molecule has 6 rings (SSSR count). The Hall–Kier alpha value is -1.49. The zero-order chi connectivity index (χ0) is 40.0. The fraction of sp³-hybridized carbons (Fsp3) is 0.769. The summed E-state index contributed by atoms with van der Waals surface area (Å²) in [4.78, 5) is 0. The molecular formula is C52H78F4S. The molecule has 4 saturated carbocycles. The van der Waals surface area contributed by atoms with Crippen LogP contribution in [0.25, 0.3) is 0 Å². The Morgan fingerprint density at radius 3 is 1.14 bits per heavy atom. The van der Waals surface area contributed by atoms with Crippen molar-refractivity contribution in [1.29, 1.82) is 0 Å². The quantitative estimate of drug-likeness (QED) is 0.0982. The molecule has 57 heavy (non-hydrogen) atoms. The SMILES string of the molecule is CCCCCCCC1CCC(C2CCC(C=C3C(F)=C(F)C=CC3SC3C=CC(F)=C(F)C3=CC3CCC(C4CCC(CCCCCCC)CC4)CC3)CC2)CC1. The molecule has 0 N–H and O–H groups in total. The van der Waals surface area contributed by atoms with Crippen LogP contribution in [0, 0.1) is 47.3 Å². The van der Waals surface area contributed by atoms with Crippen LogP contribution in [0.5, 0.6) is 0 Å². The number of thioether (sulfide) groups is 1. The molecule has 6 aliphatic carbocycles. The van der Waals surface area contributed by atoms with Gasteiger partial charge in [0.15, 0.2) is 23.3 Å². The standard InChI is InChI=1S/C52H78F4S/c1-3-5-7-9-11-13-37-15-23-41(24-16-37)43-27-19-39(20-28-43)35-45-49(33-31-47(53)51(45)55)57-50-34-32-48(54)52(56)46(50)36-40-21-29-44(30-22-40)42-25-17-38(18-26-42)14-12-10-8-6-4-2/h31-44,49-50H,3-30H2,1-2H3. The van der Waals surface area contributed by atoms with Gasteiger partial charge in [-0.1, -0.05) is 141 Å². The van der Waals surface area contributed by atoms with Crippen LogP contribution < -0.4 is 0 Å². The van der Waals surface area contributed by atoms with Crippen LogP contribution >= 0.6 is 11.8 Å². The molecule has 4 fully saturated rings. The Bertz CT molecular complexity index is 1300. The van der Waals surface area contributed by atoms with E-state index in [1.165, 1.54) is 178 Å². The van der Waals surface area contributed by atoms with Crippen molar-refractivity contribution in [2.75, 3.05) is 0 Å². The second kappa shape index (κ2) is 23.5. The summed E-state index contributed by atoms with van der Waals surface area (Å²) in [5.74, 6) is 2.21. The average molecular weight is 811 g/mol. The molecule has 2 unspecified atom stereocenters. The van der Waals surface area contributed by atoms with Gasteiger partial charge in [0.05, 0.1) is 10.5 Å². The van der Waals surface area contributed by atoms with E-state index in [0.29, 0.717) is 11.1 Å². The molecule has 0 aliphatic heterocycles. The van der Waals surface area contributed by atoms with E-state index in [4.69, 9.17) is 0 Å². The molecule has 0 amide bonds. The predicted molar refractivity (Wildman–Crippen MR) is 237 cm³/mol. The van der Waals surface area contributed by atoms with Gasteiger partial charge in [-0.05, 0) is 137 Å². The Balaban J connectivity index is 0.992. The minimum atomic E-state index is -0.825. The number of halogens is 4. The minimum absolute atomic E-state index is 0.218. The highest BCUT2D eigenvalue weighted by atomic mass is 32.2. The summed E-state index contributed by atoms with van der Waals surface area (Å²) in [7, 11) is 0. The van der Waals surface area contributed by atoms with Crippen molar-refractivity contribution in [1.82, 2.24) is 0 Å². The molecule has 0 bridgehead atoms. The van der Waals surface area contributed by atoms with E-state index in [-0.39, 0.29) is 11.8 Å². The number of rotatable bonds is 18. The van der Waals surface area contributed by atoms with Gasteiger partial charge in [-0.3, -0.25) is 0 Å².